The molecule has 0 atom stereocenters. The summed E-state index contributed by atoms with van der Waals surface area (Å²) in [6.45, 7) is 11.4. The molecular weight excluding hydrogens is 596 g/mol. The minimum Gasteiger partial charge on any atom is -0.494 e. The summed E-state index contributed by atoms with van der Waals surface area (Å²) >= 11 is 0. The second-order valence-corrected chi connectivity index (χ2v) is 13.5. The van der Waals surface area contributed by atoms with E-state index in [1.165, 1.54) is 0 Å². The van der Waals surface area contributed by atoms with Crippen LogP contribution in [-0.4, -0.2) is 102 Å². The van der Waals surface area contributed by atoms with Crippen molar-refractivity contribution in [2.75, 3.05) is 68.5 Å². The Bertz CT molecular complexity index is 1560. The number of nitrogens with zero attached hydrogens (tertiary/aromatic N) is 7. The smallest absolute Gasteiger partial charge is 0.410 e. The van der Waals surface area contributed by atoms with E-state index in [-0.39, 0.29) is 18.2 Å². The van der Waals surface area contributed by atoms with Crippen molar-refractivity contribution in [3.63, 3.8) is 0 Å². The van der Waals surface area contributed by atoms with Crippen molar-refractivity contribution in [3.8, 4) is 5.75 Å². The molecule has 1 N–H and O–H groups in total. The summed E-state index contributed by atoms with van der Waals surface area (Å²) < 4.78 is 11.4. The van der Waals surface area contributed by atoms with Crippen molar-refractivity contribution < 1.29 is 19.1 Å². The van der Waals surface area contributed by atoms with Crippen molar-refractivity contribution in [2.45, 2.75) is 58.3 Å². The molecule has 12 nitrogen and oxygen atoms in total. The van der Waals surface area contributed by atoms with Crippen LogP contribution < -0.4 is 19.9 Å². The molecule has 2 aromatic carbocycles. The third-order valence-corrected chi connectivity index (χ3v) is 8.91. The lowest BCUT2D eigenvalue weighted by Crippen LogP contribution is -2.55. The summed E-state index contributed by atoms with van der Waals surface area (Å²) in [5.74, 6) is 1.68. The van der Waals surface area contributed by atoms with Gasteiger partial charge in [-0.3, -0.25) is 4.90 Å². The first-order valence-electron chi connectivity index (χ1n) is 16.4. The number of nitrogens with one attached hydrogen (secondary N) is 1. The fourth-order valence-corrected chi connectivity index (χ4v) is 6.35. The maximum absolute atomic E-state index is 14.2. The maximum atomic E-state index is 14.2. The largest absolute Gasteiger partial charge is 0.494 e. The van der Waals surface area contributed by atoms with Crippen LogP contribution in [0.25, 0.3) is 0 Å². The number of piperazine rings is 1. The van der Waals surface area contributed by atoms with Gasteiger partial charge in [-0.25, -0.2) is 14.6 Å². The van der Waals surface area contributed by atoms with Crippen LogP contribution in [0.15, 0.2) is 54.7 Å². The van der Waals surface area contributed by atoms with Gasteiger partial charge < -0.3 is 34.4 Å². The number of carbonyl (C=O) groups is 2. The SMILES string of the molecule is COc1cc(N2CCN(C)CC2)ccc1Nc1ncc2c(n1)N(C1CCN(C(=O)OC(C)(C)C)CC1)C(=O)N(Cc1ccccc1)C2. The van der Waals surface area contributed by atoms with E-state index in [0.29, 0.717) is 56.5 Å². The number of carbonyl (C=O) groups excluding carboxylic acids is 2. The number of piperidine rings is 1. The molecular formula is C35H46N8O4. The quantitative estimate of drug-likeness (QED) is 0.367. The fraction of sp³-hybridized carbons (Fsp3) is 0.486. The van der Waals surface area contributed by atoms with E-state index >= 15 is 0 Å². The summed E-state index contributed by atoms with van der Waals surface area (Å²) in [5, 5.41) is 3.35. The molecule has 250 valence electrons. The van der Waals surface area contributed by atoms with Crippen LogP contribution in [0.3, 0.4) is 0 Å². The molecule has 0 aliphatic carbocycles. The summed E-state index contributed by atoms with van der Waals surface area (Å²) in [7, 11) is 3.80. The molecule has 3 aliphatic heterocycles. The van der Waals surface area contributed by atoms with E-state index in [1.807, 2.05) is 79.2 Å². The van der Waals surface area contributed by atoms with E-state index in [2.05, 4.69) is 33.2 Å². The number of benzene rings is 2. The van der Waals surface area contributed by atoms with Crippen LogP contribution >= 0.6 is 0 Å². The maximum Gasteiger partial charge on any atom is 0.410 e. The number of amides is 3. The van der Waals surface area contributed by atoms with E-state index in [1.54, 1.807) is 12.0 Å². The van der Waals surface area contributed by atoms with Crippen LogP contribution in [0, 0.1) is 0 Å². The number of fused-ring (bicyclic) bond motifs is 1. The van der Waals surface area contributed by atoms with Crippen LogP contribution in [0.5, 0.6) is 5.75 Å². The number of hydrogen-bond acceptors (Lipinski definition) is 9. The number of ether oxygens (including phenoxy) is 2. The highest BCUT2D eigenvalue weighted by Crippen LogP contribution is 2.36. The standard InChI is InChI=1S/C35H46N8O4/c1-35(2,3)47-34(45)41-15-13-27(14-16-41)43-31-26(24-42(33(43)44)23-25-9-7-6-8-10-25)22-36-32(38-31)37-29-12-11-28(21-30(29)46-5)40-19-17-39(4)18-20-40/h6-12,21-22,27H,13-20,23-24H2,1-5H3,(H,36,37,38). The summed E-state index contributed by atoms with van der Waals surface area (Å²) in [6, 6.07) is 15.9. The predicted molar refractivity (Wildman–Crippen MR) is 182 cm³/mol. The first-order chi connectivity index (χ1) is 22.6. The topological polar surface area (TPSA) is 107 Å². The van der Waals surface area contributed by atoms with Crippen LogP contribution in [0.2, 0.25) is 0 Å². The third kappa shape index (κ3) is 7.54. The number of aromatic nitrogens is 2. The molecule has 0 unspecified atom stereocenters. The Morgan fingerprint density at radius 3 is 2.40 bits per heavy atom. The molecule has 1 aromatic heterocycles. The van der Waals surface area contributed by atoms with Gasteiger partial charge in [0.25, 0.3) is 0 Å². The molecule has 0 saturated carbocycles. The first-order valence-corrected chi connectivity index (χ1v) is 16.4. The highest BCUT2D eigenvalue weighted by molar-refractivity contribution is 5.94. The van der Waals surface area contributed by atoms with Gasteiger partial charge in [-0.15, -0.1) is 0 Å². The van der Waals surface area contributed by atoms with Gasteiger partial charge in [0.2, 0.25) is 5.95 Å². The molecule has 3 aromatic rings. The number of anilines is 4. The molecule has 3 aliphatic rings. The highest BCUT2D eigenvalue weighted by Gasteiger charge is 2.39. The van der Waals surface area contributed by atoms with Gasteiger partial charge in [0.05, 0.1) is 19.3 Å². The van der Waals surface area contributed by atoms with Gasteiger partial charge in [-0.2, -0.15) is 4.98 Å². The lowest BCUT2D eigenvalue weighted by Gasteiger charge is -2.43. The summed E-state index contributed by atoms with van der Waals surface area (Å²) in [5.41, 5.74) is 3.21. The second-order valence-electron chi connectivity index (χ2n) is 13.5. The second kappa shape index (κ2) is 13.6. The third-order valence-electron chi connectivity index (χ3n) is 8.91. The van der Waals surface area contributed by atoms with Crippen molar-refractivity contribution in [1.82, 2.24) is 24.7 Å². The van der Waals surface area contributed by atoms with Crippen molar-refractivity contribution >= 4 is 35.3 Å². The van der Waals surface area contributed by atoms with Crippen molar-refractivity contribution in [3.05, 3.63) is 65.9 Å². The van der Waals surface area contributed by atoms with E-state index in [9.17, 15) is 9.59 Å². The normalized spacial score (nSPS) is 17.9. The molecule has 47 heavy (non-hydrogen) atoms. The number of methoxy groups -OCH3 is 1. The lowest BCUT2D eigenvalue weighted by molar-refractivity contribution is 0.0205. The Morgan fingerprint density at radius 1 is 1.00 bits per heavy atom. The monoisotopic (exact) mass is 642 g/mol. The molecule has 2 saturated heterocycles. The van der Waals surface area contributed by atoms with Gasteiger partial charge in [-0.05, 0) is 58.4 Å². The number of likely N-dealkylation sites (N-methyl/N-ethyl adjacent to an activating group) is 1. The fourth-order valence-electron chi connectivity index (χ4n) is 6.35. The van der Waals surface area contributed by atoms with Gasteiger partial charge in [0.1, 0.15) is 17.2 Å². The lowest BCUT2D eigenvalue weighted by atomic mass is 10.0. The molecule has 0 spiro atoms. The predicted octanol–water partition coefficient (Wildman–Crippen LogP) is 5.32. The van der Waals surface area contributed by atoms with Crippen LogP contribution in [0.4, 0.5) is 32.7 Å². The van der Waals surface area contributed by atoms with Crippen molar-refractivity contribution in [1.29, 1.82) is 0 Å². The average molecular weight is 643 g/mol. The minimum absolute atomic E-state index is 0.101. The zero-order valence-corrected chi connectivity index (χ0v) is 28.1. The number of likely N-dealkylation sites (tertiary alicyclic amines) is 1. The molecule has 4 heterocycles. The molecule has 0 bridgehead atoms. The number of rotatable bonds is 7. The molecule has 12 heteroatoms. The summed E-state index contributed by atoms with van der Waals surface area (Å²) in [4.78, 5) is 46.7. The average Bonchev–Trinajstić information content (AvgIpc) is 3.06. The highest BCUT2D eigenvalue weighted by atomic mass is 16.6. The zero-order valence-electron chi connectivity index (χ0n) is 28.1. The molecule has 2 fully saturated rings. The van der Waals surface area contributed by atoms with Crippen molar-refractivity contribution in [2.24, 2.45) is 0 Å². The zero-order chi connectivity index (χ0) is 33.1. The van der Waals surface area contributed by atoms with Gasteiger partial charge in [-0.1, -0.05) is 30.3 Å². The Labute approximate surface area is 277 Å². The summed E-state index contributed by atoms with van der Waals surface area (Å²) in [6.07, 6.45) is 2.70. The molecule has 0 radical (unpaired) electrons. The Kier molecular flexibility index (Phi) is 9.40. The molecule has 6 rings (SSSR count). The Balaban J connectivity index is 1.25. The number of hydrogen-bond donors (Lipinski definition) is 1. The van der Waals surface area contributed by atoms with Gasteiger partial charge in [0, 0.05) is 75.4 Å². The van der Waals surface area contributed by atoms with Gasteiger partial charge >= 0.3 is 12.1 Å². The minimum atomic E-state index is -0.568. The number of urea groups is 1. The first kappa shape index (κ1) is 32.4. The van der Waals surface area contributed by atoms with Crippen LogP contribution in [-0.2, 0) is 17.8 Å². The Morgan fingerprint density at radius 2 is 1.72 bits per heavy atom. The van der Waals surface area contributed by atoms with E-state index in [4.69, 9.17) is 14.5 Å². The van der Waals surface area contributed by atoms with Gasteiger partial charge in [0.15, 0.2) is 0 Å². The Hall–Kier alpha value is -4.58. The van der Waals surface area contributed by atoms with Crippen LogP contribution in [0.1, 0.15) is 44.7 Å². The molecule has 3 amide bonds. The van der Waals surface area contributed by atoms with E-state index < -0.39 is 5.60 Å². The van der Waals surface area contributed by atoms with E-state index in [0.717, 1.165) is 48.7 Å².